The molecule has 0 amide bonds. The van der Waals surface area contributed by atoms with Gasteiger partial charge in [-0.1, -0.05) is 5.16 Å². The van der Waals surface area contributed by atoms with Gasteiger partial charge in [0.1, 0.15) is 27.6 Å². The lowest BCUT2D eigenvalue weighted by molar-refractivity contribution is 0.302. The lowest BCUT2D eigenvalue weighted by Gasteiger charge is -2.12. The van der Waals surface area contributed by atoms with Crippen molar-refractivity contribution < 1.29 is 24.2 Å². The zero-order chi connectivity index (χ0) is 24.4. The van der Waals surface area contributed by atoms with E-state index >= 15 is 8.78 Å². The third-order valence-corrected chi connectivity index (χ3v) is 5.17. The minimum atomic E-state index is -1.35. The molecule has 0 radical (unpaired) electrons. The highest BCUT2D eigenvalue weighted by Crippen LogP contribution is 2.35. The number of aromatic hydroxyl groups is 2. The molecule has 3 aromatic carbocycles. The first kappa shape index (κ1) is 24.2. The highest BCUT2D eigenvalue weighted by atomic mass is 19.2. The number of fused-ring (bicyclic) bond motifs is 2. The Morgan fingerprint density at radius 1 is 0.788 bits per heavy atom. The van der Waals surface area contributed by atoms with E-state index in [-0.39, 0.29) is 34.6 Å². The summed E-state index contributed by atoms with van der Waals surface area (Å²) in [7, 11) is 7.10. The number of halogens is 2. The van der Waals surface area contributed by atoms with Crippen molar-refractivity contribution in [3.05, 3.63) is 50.1 Å². The molecule has 0 aliphatic carbocycles. The van der Waals surface area contributed by atoms with Crippen LogP contribution in [0.3, 0.4) is 0 Å². The Labute approximate surface area is 187 Å². The van der Waals surface area contributed by atoms with Gasteiger partial charge in [-0.15, -0.1) is 0 Å². The van der Waals surface area contributed by atoms with E-state index in [4.69, 9.17) is 0 Å². The Kier molecular flexibility index (Phi) is 7.04. The molecule has 3 rings (SSSR count). The first-order valence-corrected chi connectivity index (χ1v) is 10.1. The summed E-state index contributed by atoms with van der Waals surface area (Å²) in [6, 6.07) is 2.17. The van der Waals surface area contributed by atoms with E-state index in [0.717, 1.165) is 12.1 Å². The lowest BCUT2D eigenvalue weighted by Crippen LogP contribution is -2.26. The van der Waals surface area contributed by atoms with Crippen LogP contribution in [0, 0.1) is 11.6 Å². The molecule has 0 atom stereocenters. The molecule has 3 N–H and O–H groups in total. The number of benzene rings is 3. The molecule has 0 heterocycles. The highest BCUT2D eigenvalue weighted by Gasteiger charge is 2.24. The van der Waals surface area contributed by atoms with Crippen molar-refractivity contribution >= 4 is 21.5 Å². The smallest absolute Gasteiger partial charge is 0.190 e. The summed E-state index contributed by atoms with van der Waals surface area (Å²) in [4.78, 5) is 24.3. The molecule has 0 bridgehead atoms. The van der Waals surface area contributed by atoms with Crippen molar-refractivity contribution in [2.45, 2.75) is 0 Å². The molecule has 0 saturated heterocycles. The number of likely N-dealkylation sites (N-methyl/N-ethyl adjacent to an activating group) is 2. The summed E-state index contributed by atoms with van der Waals surface area (Å²) in [5.41, 5.74) is -0.706. The maximum Gasteiger partial charge on any atom is 0.190 e. The standard InChI is InChI=1S/C22H25F2N5O4/c1-28(2)9-7-25-19-15-16(20(18(24)17(19)23)26-8-10-29(3)4)22(32)14-12(30)6-5-11(27-33)13(14)21(15)31/h5-6,31-33H,7-10H2,1-4H3. The van der Waals surface area contributed by atoms with Crippen LogP contribution in [-0.2, 0) is 0 Å². The number of hydrogen-bond acceptors (Lipinski definition) is 9. The van der Waals surface area contributed by atoms with E-state index in [1.54, 1.807) is 38.0 Å². The van der Waals surface area contributed by atoms with Crippen molar-refractivity contribution in [2.75, 3.05) is 54.4 Å². The van der Waals surface area contributed by atoms with E-state index in [9.17, 15) is 20.2 Å². The van der Waals surface area contributed by atoms with E-state index in [1.807, 2.05) is 0 Å². The fourth-order valence-corrected chi connectivity index (χ4v) is 3.53. The van der Waals surface area contributed by atoms with Crippen LogP contribution in [0.25, 0.3) is 21.5 Å². The van der Waals surface area contributed by atoms with Crippen LogP contribution < -0.4 is 21.5 Å². The first-order chi connectivity index (χ1) is 15.6. The molecule has 0 aliphatic rings. The summed E-state index contributed by atoms with van der Waals surface area (Å²) in [6.45, 7) is 0.925. The summed E-state index contributed by atoms with van der Waals surface area (Å²) < 4.78 is 30.4. The molecular formula is C22H25F2N5O4. The number of phenolic OH excluding ortho intramolecular Hbond substituents is 2. The molecule has 0 unspecified atom stereocenters. The van der Waals surface area contributed by atoms with Crippen LogP contribution in [0.2, 0.25) is 0 Å². The van der Waals surface area contributed by atoms with Gasteiger partial charge in [-0.05, 0) is 40.3 Å². The Hall–Kier alpha value is -3.44. The molecule has 0 saturated carbocycles. The van der Waals surface area contributed by atoms with Crippen LogP contribution in [-0.4, -0.2) is 79.6 Å². The van der Waals surface area contributed by atoms with Crippen molar-refractivity contribution in [1.82, 2.24) is 9.80 Å². The maximum absolute atomic E-state index is 15.2. The molecule has 0 spiro atoms. The zero-order valence-electron chi connectivity index (χ0n) is 18.7. The third-order valence-electron chi connectivity index (χ3n) is 5.17. The summed E-state index contributed by atoms with van der Waals surface area (Å²) in [5.74, 6) is -4.08. The van der Waals surface area contributed by atoms with Crippen molar-refractivity contribution in [3.63, 3.8) is 0 Å². The van der Waals surface area contributed by atoms with Crippen LogP contribution in [0.5, 0.6) is 11.5 Å². The molecule has 176 valence electrons. The molecule has 9 nitrogen and oxygen atoms in total. The normalized spacial score (nSPS) is 14.0. The Balaban J connectivity index is 2.63. The topological polar surface area (TPSA) is 121 Å². The number of phenols is 2. The van der Waals surface area contributed by atoms with Crippen molar-refractivity contribution in [3.8, 4) is 11.5 Å². The van der Waals surface area contributed by atoms with Gasteiger partial charge >= 0.3 is 0 Å². The molecule has 33 heavy (non-hydrogen) atoms. The van der Waals surface area contributed by atoms with Gasteiger partial charge in [0.05, 0.1) is 34.6 Å². The minimum absolute atomic E-state index is 0.0596. The molecule has 0 aromatic heterocycles. The van der Waals surface area contributed by atoms with Crippen LogP contribution in [0.1, 0.15) is 0 Å². The predicted octanol–water partition coefficient (Wildman–Crippen LogP) is 0.133. The van der Waals surface area contributed by atoms with Gasteiger partial charge in [-0.2, -0.15) is 0 Å². The Morgan fingerprint density at radius 3 is 1.67 bits per heavy atom. The fourth-order valence-electron chi connectivity index (χ4n) is 3.53. The Morgan fingerprint density at radius 2 is 1.24 bits per heavy atom. The fraction of sp³-hybridized carbons (Fsp3) is 0.364. The Bertz CT molecular complexity index is 1460. The van der Waals surface area contributed by atoms with E-state index in [0.29, 0.717) is 13.1 Å². The summed E-state index contributed by atoms with van der Waals surface area (Å²) in [6.07, 6.45) is 0. The molecule has 11 heteroatoms. The second-order valence-corrected chi connectivity index (χ2v) is 8.08. The van der Waals surface area contributed by atoms with Crippen LogP contribution >= 0.6 is 0 Å². The average molecular weight is 461 g/mol. The summed E-state index contributed by atoms with van der Waals surface area (Å²) >= 11 is 0. The number of rotatable bonds is 6. The number of hydrogen-bond donors (Lipinski definition) is 3. The van der Waals surface area contributed by atoms with Gasteiger partial charge in [0.25, 0.3) is 0 Å². The van der Waals surface area contributed by atoms with Gasteiger partial charge in [-0.3, -0.25) is 14.8 Å². The van der Waals surface area contributed by atoms with Gasteiger partial charge in [0.15, 0.2) is 17.1 Å². The molecular weight excluding hydrogens is 436 g/mol. The van der Waals surface area contributed by atoms with E-state index in [2.05, 4.69) is 15.1 Å². The van der Waals surface area contributed by atoms with Crippen molar-refractivity contribution in [2.24, 2.45) is 15.1 Å². The van der Waals surface area contributed by atoms with Crippen molar-refractivity contribution in [1.29, 1.82) is 0 Å². The monoisotopic (exact) mass is 461 g/mol. The van der Waals surface area contributed by atoms with E-state index < -0.39 is 44.7 Å². The molecule has 0 aliphatic heterocycles. The predicted molar refractivity (Wildman–Crippen MR) is 119 cm³/mol. The van der Waals surface area contributed by atoms with Gasteiger partial charge in [0.2, 0.25) is 0 Å². The highest BCUT2D eigenvalue weighted by molar-refractivity contribution is 6.10. The lowest BCUT2D eigenvalue weighted by atomic mass is 9.98. The zero-order valence-corrected chi connectivity index (χ0v) is 18.7. The maximum atomic E-state index is 15.2. The average Bonchev–Trinajstić information content (AvgIpc) is 2.75. The number of nitrogens with zero attached hydrogens (tertiary/aromatic N) is 5. The van der Waals surface area contributed by atoms with Crippen LogP contribution in [0.15, 0.2) is 32.1 Å². The SMILES string of the molecule is CN(C)CCN=c1c(F)c(F)c(=NCCN(C)C)c2c(O)c3c(=NO)ccc(=O)c3c(O)c12. The second-order valence-electron chi connectivity index (χ2n) is 8.08. The third kappa shape index (κ3) is 4.41. The van der Waals surface area contributed by atoms with E-state index in [1.165, 1.54) is 0 Å². The minimum Gasteiger partial charge on any atom is -0.506 e. The van der Waals surface area contributed by atoms with Gasteiger partial charge in [0, 0.05) is 13.1 Å². The molecule has 0 fully saturated rings. The van der Waals surface area contributed by atoms with Gasteiger partial charge in [-0.25, -0.2) is 8.78 Å². The van der Waals surface area contributed by atoms with Gasteiger partial charge < -0.3 is 25.2 Å². The largest absolute Gasteiger partial charge is 0.506 e. The molecule has 3 aromatic rings. The second kappa shape index (κ2) is 9.59. The van der Waals surface area contributed by atoms with Crippen LogP contribution in [0.4, 0.5) is 8.78 Å². The quantitative estimate of drug-likeness (QED) is 0.208. The summed E-state index contributed by atoms with van der Waals surface area (Å²) in [5, 5.41) is 31.9. The first-order valence-electron chi connectivity index (χ1n) is 10.1.